The van der Waals surface area contributed by atoms with Crippen molar-refractivity contribution in [1.29, 1.82) is 0 Å². The molecule has 2 aromatic heterocycles. The van der Waals surface area contributed by atoms with Gasteiger partial charge in [0.1, 0.15) is 0 Å². The van der Waals surface area contributed by atoms with E-state index >= 15 is 0 Å². The van der Waals surface area contributed by atoms with Gasteiger partial charge in [0.25, 0.3) is 5.91 Å². The summed E-state index contributed by atoms with van der Waals surface area (Å²) in [6.45, 7) is 2.71. The highest BCUT2D eigenvalue weighted by Gasteiger charge is 2.25. The Morgan fingerprint density at radius 3 is 2.35 bits per heavy atom. The van der Waals surface area contributed by atoms with Crippen LogP contribution in [0.25, 0.3) is 0 Å². The smallest absolute Gasteiger partial charge is 0.255 e. The fraction of sp³-hybridized carbons (Fsp3) is 0.292. The highest BCUT2D eigenvalue weighted by Crippen LogP contribution is 2.29. The number of benzene rings is 1. The zero-order valence-electron chi connectivity index (χ0n) is 18.6. The van der Waals surface area contributed by atoms with Crippen LogP contribution in [0, 0.1) is 0 Å². The lowest BCUT2D eigenvalue weighted by Gasteiger charge is -2.32. The summed E-state index contributed by atoms with van der Waals surface area (Å²) < 4.78 is 0. The predicted octanol–water partition coefficient (Wildman–Crippen LogP) is 5.25. The number of aromatic nitrogens is 2. The maximum atomic E-state index is 13.0. The van der Waals surface area contributed by atoms with Crippen LogP contribution in [0.15, 0.2) is 67.3 Å². The lowest BCUT2D eigenvalue weighted by molar-refractivity contribution is 0.0712. The number of nitrogens with two attached hydrogens (primary N) is 1. The number of hydrogen-bond donors (Lipinski definition) is 2. The molecule has 1 aromatic carbocycles. The molecule has 0 bridgehead atoms. The van der Waals surface area contributed by atoms with Crippen molar-refractivity contribution in [2.75, 3.05) is 18.4 Å². The number of nitrogens with zero attached hydrogens (tertiary/aromatic N) is 3. The van der Waals surface area contributed by atoms with Gasteiger partial charge in [-0.05, 0) is 47.6 Å². The minimum absolute atomic E-state index is 0. The molecule has 3 heterocycles. The second kappa shape index (κ2) is 15.7. The first-order valence-electron chi connectivity index (χ1n) is 10.4. The minimum atomic E-state index is 0. The summed E-state index contributed by atoms with van der Waals surface area (Å²) in [6.07, 6.45) is 8.89. The van der Waals surface area contributed by atoms with E-state index in [9.17, 15) is 4.79 Å². The van der Waals surface area contributed by atoms with E-state index in [0.29, 0.717) is 24.6 Å². The molecule has 0 radical (unpaired) electrons. The molecule has 1 aliphatic rings. The molecule has 3 N–H and O–H groups in total. The van der Waals surface area contributed by atoms with Crippen molar-refractivity contribution in [2.45, 2.75) is 31.8 Å². The van der Waals surface area contributed by atoms with Crippen molar-refractivity contribution < 1.29 is 4.79 Å². The van der Waals surface area contributed by atoms with Crippen molar-refractivity contribution in [2.24, 2.45) is 5.73 Å². The van der Waals surface area contributed by atoms with Crippen LogP contribution >= 0.6 is 49.6 Å². The Hall–Kier alpha value is -2.09. The zero-order chi connectivity index (χ0) is 20.8. The zero-order valence-corrected chi connectivity index (χ0v) is 21.9. The van der Waals surface area contributed by atoms with Crippen LogP contribution in [-0.4, -0.2) is 33.9 Å². The highest BCUT2D eigenvalue weighted by atomic mass is 35.5. The normalized spacial score (nSPS) is 12.8. The van der Waals surface area contributed by atoms with E-state index in [2.05, 4.69) is 39.6 Å². The van der Waals surface area contributed by atoms with Crippen molar-refractivity contribution in [3.05, 3.63) is 89.5 Å². The van der Waals surface area contributed by atoms with E-state index in [0.717, 1.165) is 42.7 Å². The SMILES string of the molecule is Cl.Cl.Cl.Cl.NCc1cccc(C2CCN(C(=O)c3cncc(NCc4cccnc4)c3)CC2)c1. The maximum absolute atomic E-state index is 13.0. The Morgan fingerprint density at radius 2 is 1.68 bits per heavy atom. The topological polar surface area (TPSA) is 84.1 Å². The number of nitrogens with one attached hydrogen (secondary N) is 1. The quantitative estimate of drug-likeness (QED) is 0.441. The first-order chi connectivity index (χ1) is 14.7. The number of rotatable bonds is 6. The third-order valence-corrected chi connectivity index (χ3v) is 5.64. The Kier molecular flexibility index (Phi) is 14.8. The van der Waals surface area contributed by atoms with Gasteiger partial charge < -0.3 is 16.0 Å². The molecule has 1 fully saturated rings. The summed E-state index contributed by atoms with van der Waals surface area (Å²) in [4.78, 5) is 23.3. The fourth-order valence-electron chi connectivity index (χ4n) is 3.93. The predicted molar refractivity (Wildman–Crippen MR) is 147 cm³/mol. The molecule has 1 amide bonds. The second-order valence-electron chi connectivity index (χ2n) is 7.69. The summed E-state index contributed by atoms with van der Waals surface area (Å²) in [7, 11) is 0. The average Bonchev–Trinajstić information content (AvgIpc) is 2.83. The lowest BCUT2D eigenvalue weighted by Crippen LogP contribution is -2.38. The third-order valence-electron chi connectivity index (χ3n) is 5.64. The molecule has 1 aliphatic heterocycles. The average molecular weight is 547 g/mol. The number of amides is 1. The Labute approximate surface area is 225 Å². The number of halogens is 4. The molecule has 186 valence electrons. The molecule has 1 saturated heterocycles. The van der Waals surface area contributed by atoms with Crippen LogP contribution in [0.3, 0.4) is 0 Å². The van der Waals surface area contributed by atoms with Gasteiger partial charge in [0.2, 0.25) is 0 Å². The summed E-state index contributed by atoms with van der Waals surface area (Å²) >= 11 is 0. The molecule has 0 unspecified atom stereocenters. The molecule has 4 rings (SSSR count). The summed E-state index contributed by atoms with van der Waals surface area (Å²) in [5.74, 6) is 0.521. The number of carbonyl (C=O) groups is 1. The number of anilines is 1. The van der Waals surface area contributed by atoms with Gasteiger partial charge in [-0.2, -0.15) is 0 Å². The van der Waals surface area contributed by atoms with Crippen LogP contribution in [0.5, 0.6) is 0 Å². The third kappa shape index (κ3) is 8.29. The van der Waals surface area contributed by atoms with Gasteiger partial charge in [0.15, 0.2) is 0 Å². The van der Waals surface area contributed by atoms with E-state index in [1.165, 1.54) is 5.56 Å². The molecule has 6 nitrogen and oxygen atoms in total. The first kappa shape index (κ1) is 31.9. The number of pyridine rings is 2. The van der Waals surface area contributed by atoms with Gasteiger partial charge in [0, 0.05) is 51.0 Å². The minimum Gasteiger partial charge on any atom is -0.380 e. The summed E-state index contributed by atoms with van der Waals surface area (Å²) in [5.41, 5.74) is 10.8. The molecule has 0 saturated carbocycles. The molecule has 0 aliphatic carbocycles. The van der Waals surface area contributed by atoms with Crippen LogP contribution in [0.2, 0.25) is 0 Å². The van der Waals surface area contributed by atoms with Crippen molar-refractivity contribution in [3.63, 3.8) is 0 Å². The number of likely N-dealkylation sites (tertiary alicyclic amines) is 1. The molecule has 3 aromatic rings. The standard InChI is InChI=1S/C24H27N5O.4ClH/c25-13-18-3-1-5-21(11-18)20-6-9-29(10-7-20)24(30)22-12-23(17-27-16-22)28-15-19-4-2-8-26-14-19;;;;/h1-5,8,11-12,14,16-17,20,28H,6-7,9-10,13,15,25H2;4*1H. The first-order valence-corrected chi connectivity index (χ1v) is 10.4. The molecule has 0 atom stereocenters. The summed E-state index contributed by atoms with van der Waals surface area (Å²) in [5, 5.41) is 3.32. The Morgan fingerprint density at radius 1 is 0.941 bits per heavy atom. The van der Waals surface area contributed by atoms with Crippen LogP contribution in [-0.2, 0) is 13.1 Å². The van der Waals surface area contributed by atoms with E-state index in [1.54, 1.807) is 18.6 Å². The monoisotopic (exact) mass is 545 g/mol. The largest absolute Gasteiger partial charge is 0.380 e. The molecule has 0 spiro atoms. The van der Waals surface area contributed by atoms with E-state index in [1.807, 2.05) is 29.3 Å². The van der Waals surface area contributed by atoms with E-state index in [-0.39, 0.29) is 55.5 Å². The fourth-order valence-corrected chi connectivity index (χ4v) is 3.93. The van der Waals surface area contributed by atoms with Crippen LogP contribution in [0.1, 0.15) is 45.8 Å². The van der Waals surface area contributed by atoms with Crippen molar-refractivity contribution in [1.82, 2.24) is 14.9 Å². The van der Waals surface area contributed by atoms with Crippen LogP contribution in [0.4, 0.5) is 5.69 Å². The van der Waals surface area contributed by atoms with E-state index < -0.39 is 0 Å². The highest BCUT2D eigenvalue weighted by molar-refractivity contribution is 5.94. The van der Waals surface area contributed by atoms with Crippen molar-refractivity contribution in [3.8, 4) is 0 Å². The Bertz CT molecular complexity index is 1000. The molecule has 34 heavy (non-hydrogen) atoms. The lowest BCUT2D eigenvalue weighted by atomic mass is 9.88. The number of piperidine rings is 1. The summed E-state index contributed by atoms with van der Waals surface area (Å²) in [6, 6.07) is 14.3. The molecular weight excluding hydrogens is 516 g/mol. The van der Waals surface area contributed by atoms with Gasteiger partial charge >= 0.3 is 0 Å². The number of carbonyl (C=O) groups excluding carboxylic acids is 1. The second-order valence-corrected chi connectivity index (χ2v) is 7.69. The van der Waals surface area contributed by atoms with E-state index in [4.69, 9.17) is 5.73 Å². The van der Waals surface area contributed by atoms with Gasteiger partial charge in [-0.1, -0.05) is 30.3 Å². The van der Waals surface area contributed by atoms with Gasteiger partial charge in [-0.3, -0.25) is 14.8 Å². The molecule has 10 heteroatoms. The molecular formula is C24H31Cl4N5O. The number of hydrogen-bond acceptors (Lipinski definition) is 5. The Balaban J connectivity index is 0.00000272. The maximum Gasteiger partial charge on any atom is 0.255 e. The van der Waals surface area contributed by atoms with Crippen LogP contribution < -0.4 is 11.1 Å². The van der Waals surface area contributed by atoms with Gasteiger partial charge in [0.05, 0.1) is 11.3 Å². The van der Waals surface area contributed by atoms with Gasteiger partial charge in [-0.25, -0.2) is 0 Å². The van der Waals surface area contributed by atoms with Crippen molar-refractivity contribution >= 4 is 61.2 Å². The van der Waals surface area contributed by atoms with Gasteiger partial charge in [-0.15, -0.1) is 49.6 Å².